The van der Waals surface area contributed by atoms with Gasteiger partial charge in [-0.25, -0.2) is 0 Å². The molecule has 2 nitrogen and oxygen atoms in total. The number of hydrogen-bond acceptors (Lipinski definition) is 2. The minimum atomic E-state index is 0.150. The molecule has 0 saturated heterocycles. The van der Waals surface area contributed by atoms with Gasteiger partial charge in [0.15, 0.2) is 0 Å². The summed E-state index contributed by atoms with van der Waals surface area (Å²) in [5.74, 6) is 0.859. The lowest BCUT2D eigenvalue weighted by Gasteiger charge is -2.27. The number of nitrogens with two attached hydrogens (primary N) is 1. The van der Waals surface area contributed by atoms with E-state index in [0.717, 1.165) is 22.9 Å². The molecule has 0 heterocycles. The zero-order chi connectivity index (χ0) is 13.3. The van der Waals surface area contributed by atoms with Crippen LogP contribution in [0.3, 0.4) is 0 Å². The molecule has 0 amide bonds. The van der Waals surface area contributed by atoms with E-state index in [2.05, 4.69) is 37.1 Å². The second-order valence-corrected chi connectivity index (χ2v) is 6.05. The predicted octanol–water partition coefficient (Wildman–Crippen LogP) is 3.46. The fourth-order valence-corrected chi connectivity index (χ4v) is 2.65. The molecule has 2 unspecified atom stereocenters. The van der Waals surface area contributed by atoms with E-state index in [1.807, 2.05) is 6.92 Å². The molecule has 0 spiro atoms. The standard InChI is InChI=1S/C15H23ClN2/c1-10(17)8-13-6-7-14(9-15(13)16)18(3)11(2)12-4-5-12/h6-7,9-12H,4-5,8,17H2,1-3H3. The lowest BCUT2D eigenvalue weighted by Crippen LogP contribution is -2.30. The number of rotatable bonds is 5. The van der Waals surface area contributed by atoms with E-state index in [4.69, 9.17) is 17.3 Å². The maximum absolute atomic E-state index is 6.34. The van der Waals surface area contributed by atoms with Crippen LogP contribution in [0.4, 0.5) is 5.69 Å². The Morgan fingerprint density at radius 2 is 2.06 bits per heavy atom. The first-order valence-corrected chi connectivity index (χ1v) is 7.13. The van der Waals surface area contributed by atoms with Gasteiger partial charge < -0.3 is 10.6 Å². The molecule has 2 rings (SSSR count). The minimum Gasteiger partial charge on any atom is -0.372 e. The Morgan fingerprint density at radius 1 is 1.39 bits per heavy atom. The summed E-state index contributed by atoms with van der Waals surface area (Å²) in [6.07, 6.45) is 3.56. The lowest BCUT2D eigenvalue weighted by atomic mass is 10.1. The van der Waals surface area contributed by atoms with Crippen LogP contribution in [-0.2, 0) is 6.42 Å². The first kappa shape index (κ1) is 13.7. The Balaban J connectivity index is 2.12. The number of benzene rings is 1. The van der Waals surface area contributed by atoms with Crippen LogP contribution in [0.5, 0.6) is 0 Å². The molecule has 2 atom stereocenters. The van der Waals surface area contributed by atoms with Crippen molar-refractivity contribution in [1.82, 2.24) is 0 Å². The summed E-state index contributed by atoms with van der Waals surface area (Å²) in [5.41, 5.74) is 8.16. The first-order valence-electron chi connectivity index (χ1n) is 6.76. The molecular weight excluding hydrogens is 244 g/mol. The molecule has 1 aliphatic rings. The highest BCUT2D eigenvalue weighted by molar-refractivity contribution is 6.31. The Morgan fingerprint density at radius 3 is 2.56 bits per heavy atom. The SMILES string of the molecule is CC(N)Cc1ccc(N(C)C(C)C2CC2)cc1Cl. The third-order valence-electron chi connectivity index (χ3n) is 3.90. The maximum Gasteiger partial charge on any atom is 0.0459 e. The van der Waals surface area contributed by atoms with Gasteiger partial charge in [-0.05, 0) is 56.7 Å². The van der Waals surface area contributed by atoms with E-state index in [1.165, 1.54) is 18.5 Å². The summed E-state index contributed by atoms with van der Waals surface area (Å²) >= 11 is 6.34. The lowest BCUT2D eigenvalue weighted by molar-refractivity contribution is 0.609. The summed E-state index contributed by atoms with van der Waals surface area (Å²) in [4.78, 5) is 2.33. The smallest absolute Gasteiger partial charge is 0.0459 e. The van der Waals surface area contributed by atoms with Gasteiger partial charge >= 0.3 is 0 Å². The van der Waals surface area contributed by atoms with Crippen molar-refractivity contribution in [2.45, 2.75) is 45.2 Å². The van der Waals surface area contributed by atoms with Crippen LogP contribution in [0.25, 0.3) is 0 Å². The van der Waals surface area contributed by atoms with Crippen molar-refractivity contribution >= 4 is 17.3 Å². The van der Waals surface area contributed by atoms with Gasteiger partial charge in [-0.1, -0.05) is 17.7 Å². The number of halogens is 1. The summed E-state index contributed by atoms with van der Waals surface area (Å²) in [5, 5.41) is 0.833. The number of nitrogens with zero attached hydrogens (tertiary/aromatic N) is 1. The number of hydrogen-bond donors (Lipinski definition) is 1. The monoisotopic (exact) mass is 266 g/mol. The van der Waals surface area contributed by atoms with Crippen molar-refractivity contribution in [1.29, 1.82) is 0 Å². The van der Waals surface area contributed by atoms with Crippen molar-refractivity contribution in [3.63, 3.8) is 0 Å². The van der Waals surface area contributed by atoms with Gasteiger partial charge in [-0.15, -0.1) is 0 Å². The average Bonchev–Trinajstić information content (AvgIpc) is 3.13. The molecule has 1 fully saturated rings. The normalized spacial score (nSPS) is 18.5. The molecule has 3 heteroatoms. The fraction of sp³-hybridized carbons (Fsp3) is 0.600. The van der Waals surface area contributed by atoms with Crippen LogP contribution in [0, 0.1) is 5.92 Å². The second kappa shape index (κ2) is 5.50. The zero-order valence-electron chi connectivity index (χ0n) is 11.5. The van der Waals surface area contributed by atoms with Crippen molar-refractivity contribution in [2.24, 2.45) is 11.7 Å². The Kier molecular flexibility index (Phi) is 4.18. The zero-order valence-corrected chi connectivity index (χ0v) is 12.2. The van der Waals surface area contributed by atoms with E-state index in [0.29, 0.717) is 6.04 Å². The van der Waals surface area contributed by atoms with Gasteiger partial charge in [0, 0.05) is 29.8 Å². The predicted molar refractivity (Wildman–Crippen MR) is 79.4 cm³/mol. The van der Waals surface area contributed by atoms with E-state index in [9.17, 15) is 0 Å². The van der Waals surface area contributed by atoms with Crippen LogP contribution >= 0.6 is 11.6 Å². The van der Waals surface area contributed by atoms with E-state index in [1.54, 1.807) is 0 Å². The molecule has 0 aliphatic heterocycles. The molecular formula is C15H23ClN2. The second-order valence-electron chi connectivity index (χ2n) is 5.65. The van der Waals surface area contributed by atoms with Crippen LogP contribution < -0.4 is 10.6 Å². The van der Waals surface area contributed by atoms with Crippen LogP contribution in [0.2, 0.25) is 5.02 Å². The third kappa shape index (κ3) is 3.18. The molecule has 1 saturated carbocycles. The average molecular weight is 267 g/mol. The van der Waals surface area contributed by atoms with E-state index < -0.39 is 0 Å². The van der Waals surface area contributed by atoms with Crippen LogP contribution in [0.1, 0.15) is 32.3 Å². The molecule has 1 aliphatic carbocycles. The number of anilines is 1. The molecule has 0 radical (unpaired) electrons. The van der Waals surface area contributed by atoms with E-state index in [-0.39, 0.29) is 6.04 Å². The van der Waals surface area contributed by atoms with Crippen molar-refractivity contribution in [3.05, 3.63) is 28.8 Å². The highest BCUT2D eigenvalue weighted by Gasteiger charge is 2.30. The molecule has 0 aromatic heterocycles. The summed E-state index contributed by atoms with van der Waals surface area (Å²) in [6, 6.07) is 7.08. The van der Waals surface area contributed by atoms with Gasteiger partial charge in [-0.2, -0.15) is 0 Å². The largest absolute Gasteiger partial charge is 0.372 e. The molecule has 18 heavy (non-hydrogen) atoms. The van der Waals surface area contributed by atoms with Gasteiger partial charge in [0.05, 0.1) is 0 Å². The maximum atomic E-state index is 6.34. The van der Waals surface area contributed by atoms with Gasteiger partial charge in [-0.3, -0.25) is 0 Å². The van der Waals surface area contributed by atoms with Crippen LogP contribution in [0.15, 0.2) is 18.2 Å². The minimum absolute atomic E-state index is 0.150. The van der Waals surface area contributed by atoms with Gasteiger partial charge in [0.25, 0.3) is 0 Å². The summed E-state index contributed by atoms with van der Waals surface area (Å²) < 4.78 is 0. The Hall–Kier alpha value is -0.730. The molecule has 100 valence electrons. The van der Waals surface area contributed by atoms with Crippen LogP contribution in [-0.4, -0.2) is 19.1 Å². The first-order chi connectivity index (χ1) is 8.49. The molecule has 1 aromatic rings. The fourth-order valence-electron chi connectivity index (χ4n) is 2.40. The molecule has 1 aromatic carbocycles. The van der Waals surface area contributed by atoms with Gasteiger partial charge in [0.1, 0.15) is 0 Å². The topological polar surface area (TPSA) is 29.3 Å². The van der Waals surface area contributed by atoms with Gasteiger partial charge in [0.2, 0.25) is 0 Å². The molecule has 0 bridgehead atoms. The van der Waals surface area contributed by atoms with Crippen molar-refractivity contribution < 1.29 is 0 Å². The highest BCUT2D eigenvalue weighted by Crippen LogP contribution is 2.36. The quantitative estimate of drug-likeness (QED) is 0.884. The molecule has 2 N–H and O–H groups in total. The van der Waals surface area contributed by atoms with E-state index >= 15 is 0 Å². The summed E-state index contributed by atoms with van der Waals surface area (Å²) in [7, 11) is 2.15. The highest BCUT2D eigenvalue weighted by atomic mass is 35.5. The third-order valence-corrected chi connectivity index (χ3v) is 4.25. The van der Waals surface area contributed by atoms with Crippen molar-refractivity contribution in [3.8, 4) is 0 Å². The summed E-state index contributed by atoms with van der Waals surface area (Å²) in [6.45, 7) is 4.30. The Bertz CT molecular complexity index is 413. The Labute approximate surface area is 115 Å². The van der Waals surface area contributed by atoms with Crippen molar-refractivity contribution in [2.75, 3.05) is 11.9 Å².